The Morgan fingerprint density at radius 2 is 2.00 bits per heavy atom. The summed E-state index contributed by atoms with van der Waals surface area (Å²) >= 11 is 0. The molecular weight excluding hydrogens is 208 g/mol. The van der Waals surface area contributed by atoms with Gasteiger partial charge in [0.05, 0.1) is 0 Å². The monoisotopic (exact) mass is 232 g/mol. The van der Waals surface area contributed by atoms with Gasteiger partial charge in [0.2, 0.25) is 0 Å². The molecule has 0 amide bonds. The molecule has 1 aliphatic rings. The summed E-state index contributed by atoms with van der Waals surface area (Å²) in [4.78, 5) is 2.38. The lowest BCUT2D eigenvalue weighted by molar-refractivity contribution is 0.478. The van der Waals surface area contributed by atoms with Crippen molar-refractivity contribution in [3.05, 3.63) is 29.8 Å². The maximum Gasteiger partial charge on any atom is 0.0363 e. The predicted molar refractivity (Wildman–Crippen MR) is 74.7 cm³/mol. The van der Waals surface area contributed by atoms with Crippen LogP contribution >= 0.6 is 0 Å². The normalized spacial score (nSPS) is 23.9. The topological polar surface area (TPSA) is 15.3 Å². The molecule has 1 N–H and O–H groups in total. The smallest absolute Gasteiger partial charge is 0.0363 e. The summed E-state index contributed by atoms with van der Waals surface area (Å²) < 4.78 is 0. The molecule has 0 aromatic heterocycles. The van der Waals surface area contributed by atoms with Crippen LogP contribution in [0.15, 0.2) is 24.3 Å². The second-order valence-electron chi connectivity index (χ2n) is 5.19. The standard InChI is InChI=1S/C15H24N2/c1-4-13-5-7-15(8-6-13)17(3)11-14-9-10-16-12(14)2/h5-8,12,14,16H,4,9-11H2,1-3H3. The minimum absolute atomic E-state index is 0.660. The fourth-order valence-electron chi connectivity index (χ4n) is 2.61. The van der Waals surface area contributed by atoms with Gasteiger partial charge < -0.3 is 10.2 Å². The molecule has 1 aromatic rings. The third kappa shape index (κ3) is 3.01. The van der Waals surface area contributed by atoms with Crippen molar-refractivity contribution in [1.29, 1.82) is 0 Å². The summed E-state index contributed by atoms with van der Waals surface area (Å²) in [6.07, 6.45) is 2.42. The highest BCUT2D eigenvalue weighted by molar-refractivity contribution is 5.47. The van der Waals surface area contributed by atoms with Crippen molar-refractivity contribution in [2.24, 2.45) is 5.92 Å². The summed E-state index contributed by atoms with van der Waals surface area (Å²) in [7, 11) is 2.20. The predicted octanol–water partition coefficient (Wildman–Crippen LogP) is 2.68. The number of nitrogens with one attached hydrogen (secondary N) is 1. The molecule has 2 unspecified atom stereocenters. The number of anilines is 1. The number of hydrogen-bond donors (Lipinski definition) is 1. The average molecular weight is 232 g/mol. The Labute approximate surface area is 105 Å². The lowest BCUT2D eigenvalue weighted by Gasteiger charge is -2.25. The molecule has 2 rings (SSSR count). The van der Waals surface area contributed by atoms with Crippen molar-refractivity contribution >= 4 is 5.69 Å². The summed E-state index contributed by atoms with van der Waals surface area (Å²) in [5, 5.41) is 3.52. The van der Waals surface area contributed by atoms with Gasteiger partial charge in [0.1, 0.15) is 0 Å². The van der Waals surface area contributed by atoms with Crippen molar-refractivity contribution in [3.63, 3.8) is 0 Å². The first-order valence-corrected chi connectivity index (χ1v) is 6.74. The van der Waals surface area contributed by atoms with Crippen molar-refractivity contribution in [3.8, 4) is 0 Å². The Morgan fingerprint density at radius 1 is 1.29 bits per heavy atom. The second-order valence-corrected chi connectivity index (χ2v) is 5.19. The third-order valence-electron chi connectivity index (χ3n) is 3.98. The van der Waals surface area contributed by atoms with Gasteiger partial charge in [-0.1, -0.05) is 19.1 Å². The van der Waals surface area contributed by atoms with E-state index in [9.17, 15) is 0 Å². The highest BCUT2D eigenvalue weighted by Crippen LogP contribution is 2.20. The van der Waals surface area contributed by atoms with E-state index >= 15 is 0 Å². The maximum absolute atomic E-state index is 3.52. The number of benzene rings is 1. The van der Waals surface area contributed by atoms with Gasteiger partial charge >= 0.3 is 0 Å². The molecule has 1 fully saturated rings. The van der Waals surface area contributed by atoms with Gasteiger partial charge in [0.25, 0.3) is 0 Å². The molecule has 0 saturated carbocycles. The van der Waals surface area contributed by atoms with E-state index in [0.29, 0.717) is 6.04 Å². The molecular formula is C15H24N2. The number of rotatable bonds is 4. The van der Waals surface area contributed by atoms with Gasteiger partial charge in [-0.25, -0.2) is 0 Å². The lowest BCUT2D eigenvalue weighted by atomic mass is 10.0. The quantitative estimate of drug-likeness (QED) is 0.858. The van der Waals surface area contributed by atoms with Gasteiger partial charge in [0, 0.05) is 25.3 Å². The molecule has 0 bridgehead atoms. The van der Waals surface area contributed by atoms with Crippen LogP contribution in [-0.4, -0.2) is 26.2 Å². The van der Waals surface area contributed by atoms with Gasteiger partial charge in [-0.05, 0) is 49.9 Å². The molecule has 0 radical (unpaired) electrons. The van der Waals surface area contributed by atoms with Gasteiger partial charge in [-0.15, -0.1) is 0 Å². The van der Waals surface area contributed by atoms with Crippen molar-refractivity contribution < 1.29 is 0 Å². The molecule has 1 heterocycles. The Kier molecular flexibility index (Phi) is 4.06. The van der Waals surface area contributed by atoms with Crippen LogP contribution in [-0.2, 0) is 6.42 Å². The van der Waals surface area contributed by atoms with Gasteiger partial charge in [-0.3, -0.25) is 0 Å². The lowest BCUT2D eigenvalue weighted by Crippen LogP contribution is -2.32. The minimum Gasteiger partial charge on any atom is -0.374 e. The van der Waals surface area contributed by atoms with E-state index in [1.807, 2.05) is 0 Å². The average Bonchev–Trinajstić information content (AvgIpc) is 2.75. The van der Waals surface area contributed by atoms with E-state index < -0.39 is 0 Å². The Balaban J connectivity index is 1.96. The van der Waals surface area contributed by atoms with Crippen LogP contribution < -0.4 is 10.2 Å². The number of hydrogen-bond acceptors (Lipinski definition) is 2. The van der Waals surface area contributed by atoms with E-state index in [1.54, 1.807) is 0 Å². The Hall–Kier alpha value is -1.02. The largest absolute Gasteiger partial charge is 0.374 e. The van der Waals surface area contributed by atoms with Crippen molar-refractivity contribution in [1.82, 2.24) is 5.32 Å². The van der Waals surface area contributed by atoms with E-state index in [0.717, 1.165) is 18.9 Å². The Bertz CT molecular complexity index is 344. The fraction of sp³-hybridized carbons (Fsp3) is 0.600. The Morgan fingerprint density at radius 3 is 2.53 bits per heavy atom. The molecule has 0 spiro atoms. The van der Waals surface area contributed by atoms with Crippen LogP contribution in [0.25, 0.3) is 0 Å². The highest BCUT2D eigenvalue weighted by Gasteiger charge is 2.23. The molecule has 17 heavy (non-hydrogen) atoms. The zero-order valence-corrected chi connectivity index (χ0v) is 11.2. The molecule has 1 aromatic carbocycles. The third-order valence-corrected chi connectivity index (χ3v) is 3.98. The van der Waals surface area contributed by atoms with Crippen LogP contribution in [0, 0.1) is 5.92 Å². The van der Waals surface area contributed by atoms with Crippen LogP contribution in [0.1, 0.15) is 25.8 Å². The maximum atomic E-state index is 3.52. The first kappa shape index (κ1) is 12.4. The van der Waals surface area contributed by atoms with E-state index in [4.69, 9.17) is 0 Å². The fourth-order valence-corrected chi connectivity index (χ4v) is 2.61. The minimum atomic E-state index is 0.660. The van der Waals surface area contributed by atoms with E-state index in [1.165, 1.54) is 24.2 Å². The molecule has 2 nitrogen and oxygen atoms in total. The molecule has 2 atom stereocenters. The van der Waals surface area contributed by atoms with Gasteiger partial charge in [-0.2, -0.15) is 0 Å². The summed E-state index contributed by atoms with van der Waals surface area (Å²) in [5.74, 6) is 0.783. The number of nitrogens with zero attached hydrogens (tertiary/aromatic N) is 1. The molecule has 0 aliphatic carbocycles. The second kappa shape index (κ2) is 5.54. The summed E-state index contributed by atoms with van der Waals surface area (Å²) in [6, 6.07) is 9.62. The number of aryl methyl sites for hydroxylation is 1. The zero-order valence-electron chi connectivity index (χ0n) is 11.2. The molecule has 1 aliphatic heterocycles. The van der Waals surface area contributed by atoms with Crippen molar-refractivity contribution in [2.75, 3.05) is 25.0 Å². The van der Waals surface area contributed by atoms with E-state index in [-0.39, 0.29) is 0 Å². The van der Waals surface area contributed by atoms with Crippen LogP contribution in [0.2, 0.25) is 0 Å². The molecule has 94 valence electrons. The van der Waals surface area contributed by atoms with Gasteiger partial charge in [0.15, 0.2) is 0 Å². The van der Waals surface area contributed by atoms with E-state index in [2.05, 4.69) is 55.4 Å². The highest BCUT2D eigenvalue weighted by atomic mass is 15.1. The first-order valence-electron chi connectivity index (χ1n) is 6.74. The SMILES string of the molecule is CCc1ccc(N(C)CC2CCNC2C)cc1. The van der Waals surface area contributed by atoms with Crippen LogP contribution in [0.5, 0.6) is 0 Å². The molecule has 1 saturated heterocycles. The van der Waals surface area contributed by atoms with Crippen LogP contribution in [0.3, 0.4) is 0 Å². The van der Waals surface area contributed by atoms with Crippen LogP contribution in [0.4, 0.5) is 5.69 Å². The zero-order chi connectivity index (χ0) is 12.3. The van der Waals surface area contributed by atoms with Crippen molar-refractivity contribution in [2.45, 2.75) is 32.7 Å². The summed E-state index contributed by atoms with van der Waals surface area (Å²) in [5.41, 5.74) is 2.75. The first-order chi connectivity index (χ1) is 8.20. The summed E-state index contributed by atoms with van der Waals surface area (Å²) in [6.45, 7) is 6.82. The molecule has 2 heteroatoms.